The minimum atomic E-state index is 0. The van der Waals surface area contributed by atoms with Gasteiger partial charge in [0.15, 0.2) is 0 Å². The first-order valence-electron chi connectivity index (χ1n) is 9.54. The Kier molecular flexibility index (Phi) is 6.40. The van der Waals surface area contributed by atoms with Crippen LogP contribution in [0.4, 0.5) is 0 Å². The van der Waals surface area contributed by atoms with Gasteiger partial charge in [0.2, 0.25) is 5.91 Å². The summed E-state index contributed by atoms with van der Waals surface area (Å²) in [7, 11) is 0. The van der Waals surface area contributed by atoms with Gasteiger partial charge < -0.3 is 15.4 Å². The highest BCUT2D eigenvalue weighted by molar-refractivity contribution is 5.85. The SMILES string of the molecule is Cl.O=C(NCCOc1ccccc1-c1ccccc1)C1CC12CCNCC2. The van der Waals surface area contributed by atoms with Crippen molar-refractivity contribution in [2.24, 2.45) is 11.3 Å². The number of halogens is 1. The van der Waals surface area contributed by atoms with Crippen LogP contribution in [0, 0.1) is 11.3 Å². The van der Waals surface area contributed by atoms with Gasteiger partial charge in [-0.05, 0) is 49.4 Å². The van der Waals surface area contributed by atoms with Crippen LogP contribution in [0.1, 0.15) is 19.3 Å². The Balaban J connectivity index is 0.00000210. The van der Waals surface area contributed by atoms with Gasteiger partial charge in [0.05, 0.1) is 6.54 Å². The smallest absolute Gasteiger partial charge is 0.223 e. The molecule has 27 heavy (non-hydrogen) atoms. The third-order valence-electron chi connectivity index (χ3n) is 5.74. The van der Waals surface area contributed by atoms with Gasteiger partial charge in [-0.3, -0.25) is 4.79 Å². The van der Waals surface area contributed by atoms with E-state index < -0.39 is 0 Å². The Morgan fingerprint density at radius 1 is 1.07 bits per heavy atom. The van der Waals surface area contributed by atoms with Crippen molar-refractivity contribution in [3.05, 3.63) is 54.6 Å². The Morgan fingerprint density at radius 2 is 1.78 bits per heavy atom. The second kappa shape index (κ2) is 8.77. The van der Waals surface area contributed by atoms with Gasteiger partial charge in [-0.2, -0.15) is 0 Å². The lowest BCUT2D eigenvalue weighted by molar-refractivity contribution is -0.123. The highest BCUT2D eigenvalue weighted by Gasteiger charge is 2.57. The predicted molar refractivity (Wildman–Crippen MR) is 110 cm³/mol. The molecular weight excluding hydrogens is 360 g/mol. The van der Waals surface area contributed by atoms with Crippen molar-refractivity contribution in [2.75, 3.05) is 26.2 Å². The van der Waals surface area contributed by atoms with Crippen LogP contribution in [0.15, 0.2) is 54.6 Å². The summed E-state index contributed by atoms with van der Waals surface area (Å²) in [5.41, 5.74) is 2.50. The summed E-state index contributed by atoms with van der Waals surface area (Å²) in [6.45, 7) is 3.12. The molecule has 1 heterocycles. The van der Waals surface area contributed by atoms with E-state index in [0.29, 0.717) is 13.2 Å². The first-order chi connectivity index (χ1) is 12.8. The zero-order valence-electron chi connectivity index (χ0n) is 15.4. The Bertz CT molecular complexity index is 760. The number of carbonyl (C=O) groups is 1. The van der Waals surface area contributed by atoms with Crippen molar-refractivity contribution in [1.82, 2.24) is 10.6 Å². The maximum Gasteiger partial charge on any atom is 0.223 e. The van der Waals surface area contributed by atoms with Crippen LogP contribution in [-0.2, 0) is 4.79 Å². The highest BCUT2D eigenvalue weighted by Crippen LogP contribution is 2.58. The second-order valence-electron chi connectivity index (χ2n) is 7.37. The van der Waals surface area contributed by atoms with E-state index in [9.17, 15) is 4.79 Å². The molecule has 1 saturated carbocycles. The number of ether oxygens (including phenoxy) is 1. The molecule has 2 aromatic rings. The molecule has 1 amide bonds. The molecule has 2 N–H and O–H groups in total. The number of hydrogen-bond acceptors (Lipinski definition) is 3. The molecule has 2 fully saturated rings. The van der Waals surface area contributed by atoms with Crippen LogP contribution < -0.4 is 15.4 Å². The summed E-state index contributed by atoms with van der Waals surface area (Å²) in [5, 5.41) is 6.44. The summed E-state index contributed by atoms with van der Waals surface area (Å²) < 4.78 is 5.95. The number of piperidine rings is 1. The zero-order chi connectivity index (χ0) is 17.8. The number of hydrogen-bond donors (Lipinski definition) is 2. The minimum Gasteiger partial charge on any atom is -0.491 e. The third kappa shape index (κ3) is 4.45. The van der Waals surface area contributed by atoms with Crippen LogP contribution >= 0.6 is 12.4 Å². The molecule has 1 aliphatic heterocycles. The van der Waals surface area contributed by atoms with Gasteiger partial charge in [-0.1, -0.05) is 48.5 Å². The predicted octanol–water partition coefficient (Wildman–Crippen LogP) is 3.66. The maximum atomic E-state index is 12.4. The molecule has 0 aromatic heterocycles. The molecule has 1 aliphatic carbocycles. The van der Waals surface area contributed by atoms with Crippen LogP contribution in [0.5, 0.6) is 5.75 Å². The molecule has 4 nitrogen and oxygen atoms in total. The van der Waals surface area contributed by atoms with Crippen molar-refractivity contribution in [2.45, 2.75) is 19.3 Å². The molecule has 1 atom stereocenters. The zero-order valence-corrected chi connectivity index (χ0v) is 16.3. The van der Waals surface area contributed by atoms with Crippen molar-refractivity contribution in [1.29, 1.82) is 0 Å². The van der Waals surface area contributed by atoms with Crippen LogP contribution in [0.3, 0.4) is 0 Å². The summed E-state index contributed by atoms with van der Waals surface area (Å²) in [4.78, 5) is 12.4. The Morgan fingerprint density at radius 3 is 2.56 bits per heavy atom. The van der Waals surface area contributed by atoms with Crippen LogP contribution in [0.25, 0.3) is 11.1 Å². The van der Waals surface area contributed by atoms with Gasteiger partial charge in [0, 0.05) is 11.5 Å². The maximum absolute atomic E-state index is 12.4. The second-order valence-corrected chi connectivity index (χ2v) is 7.37. The van der Waals surface area contributed by atoms with E-state index in [0.717, 1.165) is 49.2 Å². The number of rotatable bonds is 6. The largest absolute Gasteiger partial charge is 0.491 e. The lowest BCUT2D eigenvalue weighted by Crippen LogP contribution is -2.35. The number of benzene rings is 2. The highest BCUT2D eigenvalue weighted by atomic mass is 35.5. The quantitative estimate of drug-likeness (QED) is 0.745. The van der Waals surface area contributed by atoms with Crippen molar-refractivity contribution in [3.8, 4) is 16.9 Å². The van der Waals surface area contributed by atoms with Gasteiger partial charge >= 0.3 is 0 Å². The van der Waals surface area contributed by atoms with Crippen LogP contribution in [-0.4, -0.2) is 32.1 Å². The Hall–Kier alpha value is -2.04. The number of amides is 1. The van der Waals surface area contributed by atoms with Gasteiger partial charge in [0.1, 0.15) is 12.4 Å². The fourth-order valence-electron chi connectivity index (χ4n) is 4.10. The van der Waals surface area contributed by atoms with E-state index in [4.69, 9.17) is 4.74 Å². The molecule has 5 heteroatoms. The number of para-hydroxylation sites is 1. The van der Waals surface area contributed by atoms with Crippen molar-refractivity contribution in [3.63, 3.8) is 0 Å². The molecule has 144 valence electrons. The van der Waals surface area contributed by atoms with E-state index in [1.165, 1.54) is 0 Å². The normalized spacial score (nSPS) is 19.8. The van der Waals surface area contributed by atoms with E-state index >= 15 is 0 Å². The van der Waals surface area contributed by atoms with E-state index in [-0.39, 0.29) is 29.6 Å². The minimum absolute atomic E-state index is 0. The monoisotopic (exact) mass is 386 g/mol. The molecule has 1 unspecified atom stereocenters. The van der Waals surface area contributed by atoms with Gasteiger partial charge in [-0.15, -0.1) is 12.4 Å². The summed E-state index contributed by atoms with van der Waals surface area (Å²) in [5.74, 6) is 1.27. The summed E-state index contributed by atoms with van der Waals surface area (Å²) in [6.07, 6.45) is 3.32. The van der Waals surface area contributed by atoms with E-state index in [1.807, 2.05) is 36.4 Å². The Labute approximate surface area is 167 Å². The van der Waals surface area contributed by atoms with Crippen molar-refractivity contribution >= 4 is 18.3 Å². The fraction of sp³-hybridized carbons (Fsp3) is 0.409. The average Bonchev–Trinajstić information content (AvgIpc) is 3.39. The van der Waals surface area contributed by atoms with E-state index in [1.54, 1.807) is 0 Å². The number of carbonyl (C=O) groups excluding carboxylic acids is 1. The first-order valence-corrected chi connectivity index (χ1v) is 9.54. The molecular formula is C22H27ClN2O2. The fourth-order valence-corrected chi connectivity index (χ4v) is 4.10. The molecule has 1 spiro atoms. The van der Waals surface area contributed by atoms with Crippen molar-refractivity contribution < 1.29 is 9.53 Å². The molecule has 1 saturated heterocycles. The van der Waals surface area contributed by atoms with Crippen LogP contribution in [0.2, 0.25) is 0 Å². The van der Waals surface area contributed by atoms with Gasteiger partial charge in [0.25, 0.3) is 0 Å². The average molecular weight is 387 g/mol. The number of nitrogens with one attached hydrogen (secondary N) is 2. The molecule has 4 rings (SSSR count). The third-order valence-corrected chi connectivity index (χ3v) is 5.74. The van der Waals surface area contributed by atoms with Gasteiger partial charge in [-0.25, -0.2) is 0 Å². The molecule has 0 bridgehead atoms. The lowest BCUT2D eigenvalue weighted by Gasteiger charge is -2.23. The molecule has 2 aliphatic rings. The molecule has 2 aromatic carbocycles. The first kappa shape index (κ1) is 19.7. The standard InChI is InChI=1S/C22H26N2O2.ClH/c25-21(19-16-22(19)10-12-23-13-11-22)24-14-15-26-20-9-5-4-8-18(20)17-6-2-1-3-7-17;/h1-9,19,23H,10-16H2,(H,24,25);1H. The molecule has 0 radical (unpaired) electrons. The van der Waals surface area contributed by atoms with E-state index in [2.05, 4.69) is 28.8 Å². The topological polar surface area (TPSA) is 50.4 Å². The summed E-state index contributed by atoms with van der Waals surface area (Å²) in [6, 6.07) is 18.3. The summed E-state index contributed by atoms with van der Waals surface area (Å²) >= 11 is 0. The lowest BCUT2D eigenvalue weighted by atomic mass is 9.92.